The molecular formula is C21H22F2N6O3. The monoisotopic (exact) mass is 444 g/mol. The summed E-state index contributed by atoms with van der Waals surface area (Å²) in [5, 5.41) is 12.8. The third kappa shape index (κ3) is 3.81. The summed E-state index contributed by atoms with van der Waals surface area (Å²) in [6.07, 6.45) is 1.98. The lowest BCUT2D eigenvalue weighted by Gasteiger charge is -2.31. The van der Waals surface area contributed by atoms with Gasteiger partial charge in [0.05, 0.1) is 11.3 Å². The Hall–Kier alpha value is -3.76. The molecule has 3 aromatic rings. The molecule has 0 aliphatic carbocycles. The first-order valence-electron chi connectivity index (χ1n) is 10.2. The zero-order chi connectivity index (χ0) is 23.0. The Morgan fingerprint density at radius 3 is 2.81 bits per heavy atom. The molecule has 1 unspecified atom stereocenters. The maximum atomic E-state index is 14.5. The van der Waals surface area contributed by atoms with Gasteiger partial charge in [-0.05, 0) is 38.0 Å². The first-order chi connectivity index (χ1) is 15.3. The Morgan fingerprint density at radius 1 is 1.31 bits per heavy atom. The van der Waals surface area contributed by atoms with E-state index in [-0.39, 0.29) is 35.3 Å². The van der Waals surface area contributed by atoms with Gasteiger partial charge in [0.2, 0.25) is 5.95 Å². The number of aryl methyl sites for hydroxylation is 1. The summed E-state index contributed by atoms with van der Waals surface area (Å²) in [6.45, 7) is 2.77. The Labute approximate surface area is 181 Å². The van der Waals surface area contributed by atoms with Crippen molar-refractivity contribution in [3.63, 3.8) is 0 Å². The highest BCUT2D eigenvalue weighted by Crippen LogP contribution is 2.27. The molecule has 1 aliphatic heterocycles. The lowest BCUT2D eigenvalue weighted by Crippen LogP contribution is -2.44. The van der Waals surface area contributed by atoms with E-state index in [1.54, 1.807) is 6.92 Å². The average molecular weight is 444 g/mol. The fourth-order valence-electron chi connectivity index (χ4n) is 3.94. The zero-order valence-corrected chi connectivity index (χ0v) is 17.3. The quantitative estimate of drug-likeness (QED) is 0.528. The van der Waals surface area contributed by atoms with Crippen LogP contribution in [0.4, 0.5) is 25.2 Å². The lowest BCUT2D eigenvalue weighted by atomic mass is 10.0. The fraction of sp³-hybridized carbons (Fsp3) is 0.333. The van der Waals surface area contributed by atoms with Crippen LogP contribution in [0.1, 0.15) is 19.8 Å². The zero-order valence-electron chi connectivity index (χ0n) is 17.3. The molecule has 1 aromatic carbocycles. The number of nitrogen functional groups attached to an aromatic ring is 1. The molecule has 9 nitrogen and oxygen atoms in total. The van der Waals surface area contributed by atoms with Gasteiger partial charge in [0, 0.05) is 42.8 Å². The van der Waals surface area contributed by atoms with Gasteiger partial charge in [-0.3, -0.25) is 9.36 Å². The number of likely N-dealkylation sites (tertiary alicyclic amines) is 1. The van der Waals surface area contributed by atoms with Crippen LogP contribution in [0.3, 0.4) is 0 Å². The minimum absolute atomic E-state index is 0.0237. The second-order valence-electron chi connectivity index (χ2n) is 7.62. The van der Waals surface area contributed by atoms with Crippen LogP contribution < -0.4 is 16.6 Å². The van der Waals surface area contributed by atoms with Crippen LogP contribution in [0, 0.1) is 11.6 Å². The van der Waals surface area contributed by atoms with Crippen molar-refractivity contribution in [3.8, 4) is 11.1 Å². The molecule has 32 heavy (non-hydrogen) atoms. The molecule has 168 valence electrons. The minimum Gasteiger partial charge on any atom is -0.465 e. The molecule has 0 saturated carbocycles. The van der Waals surface area contributed by atoms with Crippen molar-refractivity contribution in [1.29, 1.82) is 0 Å². The third-order valence-corrected chi connectivity index (χ3v) is 5.57. The Morgan fingerprint density at radius 2 is 2.09 bits per heavy atom. The number of nitrogens with two attached hydrogens (primary N) is 1. The van der Waals surface area contributed by atoms with Gasteiger partial charge in [0.25, 0.3) is 5.56 Å². The summed E-state index contributed by atoms with van der Waals surface area (Å²) in [5.41, 5.74) is 4.66. The summed E-state index contributed by atoms with van der Waals surface area (Å²) in [6, 6.07) is 3.74. The highest BCUT2D eigenvalue weighted by molar-refractivity contribution is 5.82. The molecule has 4 N–H and O–H groups in total. The normalized spacial score (nSPS) is 16.3. The number of amides is 1. The van der Waals surface area contributed by atoms with E-state index < -0.39 is 23.3 Å². The Kier molecular flexibility index (Phi) is 5.64. The molecule has 1 amide bonds. The van der Waals surface area contributed by atoms with Crippen molar-refractivity contribution >= 4 is 28.8 Å². The second kappa shape index (κ2) is 8.40. The first kappa shape index (κ1) is 21.5. The van der Waals surface area contributed by atoms with E-state index in [9.17, 15) is 23.5 Å². The number of nitrogens with zero attached hydrogens (tertiary/aromatic N) is 4. The predicted octanol–water partition coefficient (Wildman–Crippen LogP) is 2.89. The average Bonchev–Trinajstić information content (AvgIpc) is 2.78. The van der Waals surface area contributed by atoms with E-state index in [0.717, 1.165) is 6.42 Å². The number of rotatable bonds is 4. The number of nitrogens with one attached hydrogen (secondary N) is 1. The third-order valence-electron chi connectivity index (χ3n) is 5.57. The molecule has 1 atom stereocenters. The van der Waals surface area contributed by atoms with Crippen LogP contribution >= 0.6 is 0 Å². The van der Waals surface area contributed by atoms with Gasteiger partial charge < -0.3 is 21.1 Å². The Bertz CT molecular complexity index is 1260. The van der Waals surface area contributed by atoms with E-state index in [2.05, 4.69) is 15.3 Å². The number of pyridine rings is 1. The maximum absolute atomic E-state index is 14.5. The number of piperidine rings is 1. The smallest absolute Gasteiger partial charge is 0.407 e. The van der Waals surface area contributed by atoms with Crippen molar-refractivity contribution in [2.24, 2.45) is 0 Å². The number of carbonyl (C=O) groups is 1. The van der Waals surface area contributed by atoms with E-state index in [0.29, 0.717) is 30.5 Å². The molecule has 3 heterocycles. The van der Waals surface area contributed by atoms with Gasteiger partial charge in [-0.15, -0.1) is 0 Å². The predicted molar refractivity (Wildman–Crippen MR) is 115 cm³/mol. The number of benzene rings is 1. The summed E-state index contributed by atoms with van der Waals surface area (Å²) in [7, 11) is 0. The molecule has 0 radical (unpaired) electrons. The van der Waals surface area contributed by atoms with Gasteiger partial charge >= 0.3 is 6.09 Å². The molecule has 1 saturated heterocycles. The summed E-state index contributed by atoms with van der Waals surface area (Å²) >= 11 is 0. The van der Waals surface area contributed by atoms with E-state index >= 15 is 0 Å². The number of aromatic nitrogens is 3. The SMILES string of the molecule is CCn1c(=O)c(-c2ccc(N)c(F)c2F)cc2cnc(NC3CCCN(C(=O)O)C3)nc21. The summed E-state index contributed by atoms with van der Waals surface area (Å²) < 4.78 is 29.8. The lowest BCUT2D eigenvalue weighted by molar-refractivity contribution is 0.132. The molecule has 1 aliphatic rings. The molecule has 0 bridgehead atoms. The molecule has 11 heteroatoms. The van der Waals surface area contributed by atoms with Crippen LogP contribution in [0.5, 0.6) is 0 Å². The first-order valence-corrected chi connectivity index (χ1v) is 10.2. The number of carboxylic acid groups (broad SMARTS) is 1. The van der Waals surface area contributed by atoms with Gasteiger partial charge in [0.15, 0.2) is 11.6 Å². The van der Waals surface area contributed by atoms with Crippen LogP contribution in [-0.2, 0) is 6.54 Å². The van der Waals surface area contributed by atoms with E-state index in [1.807, 2.05) is 0 Å². The second-order valence-corrected chi connectivity index (χ2v) is 7.62. The highest BCUT2D eigenvalue weighted by Gasteiger charge is 2.24. The number of hydrogen-bond acceptors (Lipinski definition) is 6. The van der Waals surface area contributed by atoms with Crippen molar-refractivity contribution in [3.05, 3.63) is 46.4 Å². The summed E-state index contributed by atoms with van der Waals surface area (Å²) in [5.74, 6) is -2.14. The number of anilines is 2. The molecule has 4 rings (SSSR count). The van der Waals surface area contributed by atoms with Crippen LogP contribution in [0.15, 0.2) is 29.2 Å². The number of fused-ring (bicyclic) bond motifs is 1. The highest BCUT2D eigenvalue weighted by atomic mass is 19.2. The van der Waals surface area contributed by atoms with Crippen LogP contribution in [0.25, 0.3) is 22.2 Å². The van der Waals surface area contributed by atoms with E-state index in [4.69, 9.17) is 5.73 Å². The molecule has 1 fully saturated rings. The van der Waals surface area contributed by atoms with Crippen molar-refractivity contribution < 1.29 is 18.7 Å². The largest absolute Gasteiger partial charge is 0.465 e. The van der Waals surface area contributed by atoms with Gasteiger partial charge in [0.1, 0.15) is 5.65 Å². The van der Waals surface area contributed by atoms with Gasteiger partial charge in [-0.2, -0.15) is 4.98 Å². The van der Waals surface area contributed by atoms with Crippen LogP contribution in [0.2, 0.25) is 0 Å². The molecule has 0 spiro atoms. The molecule has 2 aromatic heterocycles. The fourth-order valence-corrected chi connectivity index (χ4v) is 3.94. The topological polar surface area (TPSA) is 126 Å². The molecular weight excluding hydrogens is 422 g/mol. The standard InChI is InChI=1S/C21H22F2N6O3/c1-2-29-18-11(8-14(19(29)30)13-5-6-15(24)17(23)16(13)22)9-25-20(27-18)26-12-4-3-7-28(10-12)21(31)32/h5-6,8-9,12H,2-4,7,10,24H2,1H3,(H,31,32)(H,25,26,27). The number of halogens is 2. The van der Waals surface area contributed by atoms with Gasteiger partial charge in [-0.25, -0.2) is 18.6 Å². The Balaban J connectivity index is 1.74. The van der Waals surface area contributed by atoms with Gasteiger partial charge in [-0.1, -0.05) is 0 Å². The van der Waals surface area contributed by atoms with Crippen molar-refractivity contribution in [2.45, 2.75) is 32.4 Å². The van der Waals surface area contributed by atoms with Crippen LogP contribution in [-0.4, -0.2) is 49.8 Å². The van der Waals surface area contributed by atoms with Crippen molar-refractivity contribution in [1.82, 2.24) is 19.4 Å². The maximum Gasteiger partial charge on any atom is 0.407 e. The summed E-state index contributed by atoms with van der Waals surface area (Å²) in [4.78, 5) is 34.4. The minimum atomic E-state index is -1.20. The number of hydrogen-bond donors (Lipinski definition) is 3. The van der Waals surface area contributed by atoms with E-state index in [1.165, 1.54) is 33.9 Å². The van der Waals surface area contributed by atoms with Crippen molar-refractivity contribution in [2.75, 3.05) is 24.1 Å².